The fraction of sp³-hybridized carbons (Fsp3) is 0.600. The van der Waals surface area contributed by atoms with Crippen molar-refractivity contribution in [2.45, 2.75) is 32.2 Å². The van der Waals surface area contributed by atoms with Crippen LogP contribution in [-0.2, 0) is 23.9 Å². The summed E-state index contributed by atoms with van der Waals surface area (Å²) in [6, 6.07) is -1.28. The van der Waals surface area contributed by atoms with Crippen LogP contribution in [0.5, 0.6) is 0 Å². The second kappa shape index (κ2) is 8.04. The second-order valence-corrected chi connectivity index (χ2v) is 3.43. The summed E-state index contributed by atoms with van der Waals surface area (Å²) in [6.45, 7) is 1.84. The summed E-state index contributed by atoms with van der Waals surface area (Å²) in [5, 5.41) is 10.6. The van der Waals surface area contributed by atoms with Gasteiger partial charge in [0.2, 0.25) is 11.8 Å². The smallest absolute Gasteiger partial charge is 0.306 e. The molecule has 8 nitrogen and oxygen atoms in total. The Morgan fingerprint density at radius 3 is 2.33 bits per heavy atom. The zero-order valence-electron chi connectivity index (χ0n) is 9.97. The zero-order chi connectivity index (χ0) is 14.1. The van der Waals surface area contributed by atoms with Gasteiger partial charge in [-0.2, -0.15) is 0 Å². The zero-order valence-corrected chi connectivity index (χ0v) is 9.97. The molecular formula is C10H16N2O6. The highest BCUT2D eigenvalue weighted by Crippen LogP contribution is 1.97. The molecular weight excluding hydrogens is 244 g/mol. The lowest BCUT2D eigenvalue weighted by molar-refractivity contribution is -0.145. The summed E-state index contributed by atoms with van der Waals surface area (Å²) in [7, 11) is 0. The van der Waals surface area contributed by atoms with Gasteiger partial charge >= 0.3 is 11.9 Å². The number of nitrogens with one attached hydrogen (secondary N) is 1. The maximum Gasteiger partial charge on any atom is 0.306 e. The molecule has 0 aliphatic rings. The molecule has 8 heteroatoms. The van der Waals surface area contributed by atoms with Crippen LogP contribution >= 0.6 is 0 Å². The molecule has 0 aliphatic carbocycles. The Balaban J connectivity index is 4.14. The van der Waals surface area contributed by atoms with Gasteiger partial charge in [-0.1, -0.05) is 0 Å². The van der Waals surface area contributed by atoms with Gasteiger partial charge in [0.05, 0.1) is 19.4 Å². The largest absolute Gasteiger partial charge is 0.481 e. The standard InChI is InChI=1S/C10H16N2O6/c1-2-18-9(16)4-3-7(13)12-6(10(11)17)5-8(14)15/h6H,2-5H2,1H3,(H2,11,17)(H,12,13)(H,14,15)/t6-/m1/s1. The van der Waals surface area contributed by atoms with Crippen molar-refractivity contribution in [1.29, 1.82) is 0 Å². The number of primary amides is 1. The number of carboxylic acids is 1. The van der Waals surface area contributed by atoms with E-state index in [4.69, 9.17) is 10.8 Å². The highest BCUT2D eigenvalue weighted by molar-refractivity contribution is 5.90. The number of carboxylic acid groups (broad SMARTS) is 1. The summed E-state index contributed by atoms with van der Waals surface area (Å²) in [6.07, 6.45) is -0.930. The van der Waals surface area contributed by atoms with Crippen LogP contribution in [0, 0.1) is 0 Å². The highest BCUT2D eigenvalue weighted by atomic mass is 16.5. The molecule has 0 unspecified atom stereocenters. The lowest BCUT2D eigenvalue weighted by atomic mass is 10.2. The van der Waals surface area contributed by atoms with Crippen molar-refractivity contribution in [3.05, 3.63) is 0 Å². The highest BCUT2D eigenvalue weighted by Gasteiger charge is 2.21. The third-order valence-electron chi connectivity index (χ3n) is 1.92. The molecule has 0 aliphatic heterocycles. The second-order valence-electron chi connectivity index (χ2n) is 3.43. The molecule has 0 radical (unpaired) electrons. The molecule has 0 spiro atoms. The van der Waals surface area contributed by atoms with Crippen molar-refractivity contribution >= 4 is 23.8 Å². The van der Waals surface area contributed by atoms with Gasteiger partial charge in [-0.25, -0.2) is 0 Å². The van der Waals surface area contributed by atoms with E-state index in [1.165, 1.54) is 0 Å². The normalized spacial score (nSPS) is 11.4. The Morgan fingerprint density at radius 1 is 1.28 bits per heavy atom. The van der Waals surface area contributed by atoms with Crippen LogP contribution < -0.4 is 11.1 Å². The monoisotopic (exact) mass is 260 g/mol. The Labute approximate surface area is 103 Å². The van der Waals surface area contributed by atoms with Gasteiger partial charge in [-0.05, 0) is 6.92 Å². The number of carbonyl (C=O) groups excluding carboxylic acids is 3. The third kappa shape index (κ3) is 7.20. The number of nitrogens with two attached hydrogens (primary N) is 1. The minimum Gasteiger partial charge on any atom is -0.481 e. The lowest BCUT2D eigenvalue weighted by Gasteiger charge is -2.12. The maximum absolute atomic E-state index is 11.3. The predicted octanol–water partition coefficient (Wildman–Crippen LogP) is -1.23. The van der Waals surface area contributed by atoms with E-state index < -0.39 is 36.2 Å². The molecule has 102 valence electrons. The first-order chi connectivity index (χ1) is 8.36. The number of ether oxygens (including phenoxy) is 1. The molecule has 0 rings (SSSR count). The van der Waals surface area contributed by atoms with E-state index in [0.29, 0.717) is 0 Å². The Bertz CT molecular complexity index is 341. The van der Waals surface area contributed by atoms with Crippen molar-refractivity contribution in [2.24, 2.45) is 5.73 Å². The summed E-state index contributed by atoms with van der Waals surface area (Å²) >= 11 is 0. The molecule has 0 saturated heterocycles. The fourth-order valence-corrected chi connectivity index (χ4v) is 1.11. The molecule has 18 heavy (non-hydrogen) atoms. The van der Waals surface area contributed by atoms with Gasteiger partial charge in [-0.15, -0.1) is 0 Å². The minimum atomic E-state index is -1.28. The molecule has 0 fully saturated rings. The number of aliphatic carboxylic acids is 1. The number of hydrogen-bond acceptors (Lipinski definition) is 5. The van der Waals surface area contributed by atoms with Crippen LogP contribution in [0.1, 0.15) is 26.2 Å². The van der Waals surface area contributed by atoms with Crippen LogP contribution in [0.4, 0.5) is 0 Å². The van der Waals surface area contributed by atoms with Crippen LogP contribution in [0.3, 0.4) is 0 Å². The average Bonchev–Trinajstić information content (AvgIpc) is 2.25. The first-order valence-corrected chi connectivity index (χ1v) is 5.32. The van der Waals surface area contributed by atoms with E-state index in [0.717, 1.165) is 0 Å². The van der Waals surface area contributed by atoms with Crippen LogP contribution in [0.2, 0.25) is 0 Å². The SMILES string of the molecule is CCOC(=O)CCC(=O)N[C@H](CC(=O)O)C(N)=O. The molecule has 0 aromatic carbocycles. The Kier molecular flexibility index (Phi) is 7.10. The van der Waals surface area contributed by atoms with Crippen molar-refractivity contribution in [2.75, 3.05) is 6.61 Å². The summed E-state index contributed by atoms with van der Waals surface area (Å²) < 4.78 is 4.60. The number of esters is 1. The van der Waals surface area contributed by atoms with E-state index in [1.807, 2.05) is 0 Å². The molecule has 0 aromatic heterocycles. The van der Waals surface area contributed by atoms with E-state index in [9.17, 15) is 19.2 Å². The Morgan fingerprint density at radius 2 is 1.89 bits per heavy atom. The van der Waals surface area contributed by atoms with Crippen molar-refractivity contribution in [1.82, 2.24) is 5.32 Å². The molecule has 2 amide bonds. The number of carbonyl (C=O) groups is 4. The van der Waals surface area contributed by atoms with Gasteiger partial charge in [0.25, 0.3) is 0 Å². The number of amides is 2. The quantitative estimate of drug-likeness (QED) is 0.468. The van der Waals surface area contributed by atoms with Crippen molar-refractivity contribution < 1.29 is 29.0 Å². The minimum absolute atomic E-state index is 0.141. The van der Waals surface area contributed by atoms with Gasteiger partial charge in [0.15, 0.2) is 0 Å². The molecule has 0 saturated carbocycles. The van der Waals surface area contributed by atoms with Gasteiger partial charge < -0.3 is 20.9 Å². The fourth-order valence-electron chi connectivity index (χ4n) is 1.11. The average molecular weight is 260 g/mol. The first kappa shape index (κ1) is 15.9. The third-order valence-corrected chi connectivity index (χ3v) is 1.92. The van der Waals surface area contributed by atoms with E-state index in [1.54, 1.807) is 6.92 Å². The van der Waals surface area contributed by atoms with Gasteiger partial charge in [-0.3, -0.25) is 19.2 Å². The summed E-state index contributed by atoms with van der Waals surface area (Å²) in [4.78, 5) is 43.6. The first-order valence-electron chi connectivity index (χ1n) is 5.32. The lowest BCUT2D eigenvalue weighted by Crippen LogP contribution is -2.45. The van der Waals surface area contributed by atoms with E-state index >= 15 is 0 Å². The maximum atomic E-state index is 11.3. The Hall–Kier alpha value is -2.12. The van der Waals surface area contributed by atoms with Crippen molar-refractivity contribution in [3.8, 4) is 0 Å². The summed E-state index contributed by atoms with van der Waals surface area (Å²) in [5.41, 5.74) is 4.93. The molecule has 4 N–H and O–H groups in total. The topological polar surface area (TPSA) is 136 Å². The molecule has 0 heterocycles. The number of rotatable bonds is 8. The van der Waals surface area contributed by atoms with Crippen LogP contribution in [-0.4, -0.2) is 41.5 Å². The van der Waals surface area contributed by atoms with E-state index in [2.05, 4.69) is 10.1 Å². The molecule has 0 aromatic rings. The van der Waals surface area contributed by atoms with Gasteiger partial charge in [0, 0.05) is 6.42 Å². The van der Waals surface area contributed by atoms with Gasteiger partial charge in [0.1, 0.15) is 6.04 Å². The molecule has 1 atom stereocenters. The molecule has 0 bridgehead atoms. The van der Waals surface area contributed by atoms with E-state index in [-0.39, 0.29) is 19.4 Å². The predicted molar refractivity (Wildman–Crippen MR) is 59.2 cm³/mol. The van der Waals surface area contributed by atoms with Crippen LogP contribution in [0.15, 0.2) is 0 Å². The number of hydrogen-bond donors (Lipinski definition) is 3. The van der Waals surface area contributed by atoms with Crippen LogP contribution in [0.25, 0.3) is 0 Å². The van der Waals surface area contributed by atoms with Crippen molar-refractivity contribution in [3.63, 3.8) is 0 Å². The summed E-state index contributed by atoms with van der Waals surface area (Å²) in [5.74, 6) is -3.37.